The van der Waals surface area contributed by atoms with Crippen LogP contribution in [-0.4, -0.2) is 39.7 Å². The summed E-state index contributed by atoms with van der Waals surface area (Å²) in [6.07, 6.45) is 0.0163. The zero-order valence-corrected chi connectivity index (χ0v) is 22.5. The first kappa shape index (κ1) is 28.1. The smallest absolute Gasteiger partial charge is 0.326 e. The number of halogens is 2. The second kappa shape index (κ2) is 10.8. The van der Waals surface area contributed by atoms with Crippen molar-refractivity contribution in [1.82, 2.24) is 14.9 Å². The minimum absolute atomic E-state index is 0.0525. The Kier molecular flexibility index (Phi) is 7.41. The largest absolute Gasteiger partial charge is 0.460 e. The second-order valence-corrected chi connectivity index (χ2v) is 10.1. The van der Waals surface area contributed by atoms with Gasteiger partial charge in [-0.3, -0.25) is 24.0 Å². The summed E-state index contributed by atoms with van der Waals surface area (Å²) in [4.78, 5) is 67.3. The summed E-state index contributed by atoms with van der Waals surface area (Å²) >= 11 is 0. The van der Waals surface area contributed by atoms with Crippen LogP contribution in [-0.2, 0) is 47.4 Å². The number of hydrogen-bond donors (Lipinski definition) is 1. The van der Waals surface area contributed by atoms with E-state index in [-0.39, 0.29) is 61.3 Å². The first-order chi connectivity index (χ1) is 19.5. The average Bonchev–Trinajstić information content (AvgIpc) is 3.23. The van der Waals surface area contributed by atoms with E-state index in [1.54, 1.807) is 26.0 Å². The number of amides is 1. The van der Waals surface area contributed by atoms with Crippen molar-refractivity contribution in [3.05, 3.63) is 62.9 Å². The summed E-state index contributed by atoms with van der Waals surface area (Å²) < 4.78 is 40.3. The molecule has 0 bridgehead atoms. The van der Waals surface area contributed by atoms with Crippen molar-refractivity contribution < 1.29 is 37.4 Å². The lowest BCUT2D eigenvalue weighted by atomic mass is 9.85. The Balaban J connectivity index is 1.51. The Morgan fingerprint density at radius 1 is 1.10 bits per heavy atom. The molecule has 1 aromatic carbocycles. The molecular formula is C29H27F2N3O7. The fourth-order valence-electron chi connectivity index (χ4n) is 5.27. The van der Waals surface area contributed by atoms with Crippen LogP contribution < -0.4 is 10.9 Å². The maximum Gasteiger partial charge on any atom is 0.326 e. The van der Waals surface area contributed by atoms with Crippen molar-refractivity contribution in [2.45, 2.75) is 64.7 Å². The van der Waals surface area contributed by atoms with Gasteiger partial charge in [0, 0.05) is 41.8 Å². The number of Topliss-reactive ketones (excluding diaryl/α,β-unsaturated/α-hetero) is 1. The van der Waals surface area contributed by atoms with Crippen molar-refractivity contribution >= 4 is 34.5 Å². The molecule has 0 saturated carbocycles. The van der Waals surface area contributed by atoms with Crippen LogP contribution in [0.4, 0.5) is 8.78 Å². The van der Waals surface area contributed by atoms with Crippen LogP contribution in [0.15, 0.2) is 29.1 Å². The van der Waals surface area contributed by atoms with Crippen LogP contribution in [0.25, 0.3) is 22.3 Å². The van der Waals surface area contributed by atoms with Gasteiger partial charge in [-0.05, 0) is 24.6 Å². The zero-order valence-electron chi connectivity index (χ0n) is 22.5. The molecule has 2 aliphatic heterocycles. The molecule has 0 unspecified atom stereocenters. The van der Waals surface area contributed by atoms with Crippen molar-refractivity contribution in [1.29, 1.82) is 0 Å². The highest BCUT2D eigenvalue weighted by Crippen LogP contribution is 2.41. The number of pyridine rings is 2. The highest BCUT2D eigenvalue weighted by molar-refractivity contribution is 5.87. The fraction of sp³-hybridized carbons (Fsp3) is 0.379. The lowest BCUT2D eigenvalue weighted by Gasteiger charge is -2.32. The number of fused-ring (bicyclic) bond motifs is 5. The van der Waals surface area contributed by atoms with Gasteiger partial charge in [-0.1, -0.05) is 13.8 Å². The fourth-order valence-corrected chi connectivity index (χ4v) is 5.27. The number of hydrogen-bond acceptors (Lipinski definition) is 8. The first-order valence-electron chi connectivity index (χ1n) is 13.3. The molecule has 10 nitrogen and oxygen atoms in total. The van der Waals surface area contributed by atoms with Crippen LogP contribution >= 0.6 is 0 Å². The lowest BCUT2D eigenvalue weighted by molar-refractivity contribution is -0.167. The van der Waals surface area contributed by atoms with Gasteiger partial charge in [0.1, 0.15) is 24.5 Å². The van der Waals surface area contributed by atoms with Gasteiger partial charge in [-0.15, -0.1) is 0 Å². The monoisotopic (exact) mass is 567 g/mol. The van der Waals surface area contributed by atoms with E-state index in [1.807, 2.05) is 0 Å². The van der Waals surface area contributed by atoms with E-state index >= 15 is 0 Å². The molecule has 0 radical (unpaired) electrons. The molecule has 1 N–H and O–H groups in total. The van der Waals surface area contributed by atoms with Gasteiger partial charge in [0.15, 0.2) is 11.6 Å². The van der Waals surface area contributed by atoms with E-state index in [0.29, 0.717) is 28.8 Å². The number of nitrogens with one attached hydrogen (secondary N) is 1. The van der Waals surface area contributed by atoms with Gasteiger partial charge in [0.2, 0.25) is 5.91 Å². The Bertz CT molecular complexity index is 1680. The molecule has 12 heteroatoms. The van der Waals surface area contributed by atoms with E-state index in [1.165, 1.54) is 4.57 Å². The summed E-state index contributed by atoms with van der Waals surface area (Å²) in [6.45, 7) is 2.64. The summed E-state index contributed by atoms with van der Waals surface area (Å²) in [5.74, 6) is -4.17. The van der Waals surface area contributed by atoms with Crippen molar-refractivity contribution in [3.63, 3.8) is 0 Å². The highest BCUT2D eigenvalue weighted by Gasteiger charge is 2.44. The van der Waals surface area contributed by atoms with E-state index in [4.69, 9.17) is 9.47 Å². The Labute approximate surface area is 232 Å². The predicted octanol–water partition coefficient (Wildman–Crippen LogP) is 3.17. The maximum absolute atomic E-state index is 13.9. The first-order valence-corrected chi connectivity index (χ1v) is 13.3. The third-order valence-corrected chi connectivity index (χ3v) is 7.54. The molecule has 0 saturated heterocycles. The number of cyclic esters (lactones) is 1. The van der Waals surface area contributed by atoms with Crippen molar-refractivity contribution in [3.8, 4) is 11.4 Å². The number of carbonyl (C=O) groups is 4. The van der Waals surface area contributed by atoms with Crippen LogP contribution in [0, 0.1) is 11.6 Å². The zero-order chi connectivity index (χ0) is 29.5. The van der Waals surface area contributed by atoms with Crippen LogP contribution in [0.1, 0.15) is 62.6 Å². The highest BCUT2D eigenvalue weighted by atomic mass is 19.2. The molecule has 0 spiro atoms. The Hall–Kier alpha value is -4.48. The molecule has 0 fully saturated rings. The van der Waals surface area contributed by atoms with Crippen LogP contribution in [0.5, 0.6) is 0 Å². The van der Waals surface area contributed by atoms with Gasteiger partial charge in [0.05, 0.1) is 35.4 Å². The summed E-state index contributed by atoms with van der Waals surface area (Å²) in [5, 5.41) is 2.79. The number of esters is 2. The molecule has 41 heavy (non-hydrogen) atoms. The Morgan fingerprint density at radius 2 is 1.85 bits per heavy atom. The summed E-state index contributed by atoms with van der Waals surface area (Å²) in [5.41, 5.74) is -0.0946. The lowest BCUT2D eigenvalue weighted by Crippen LogP contribution is -2.40. The molecule has 214 valence electrons. The van der Waals surface area contributed by atoms with Gasteiger partial charge in [-0.25, -0.2) is 13.8 Å². The summed E-state index contributed by atoms with van der Waals surface area (Å²) in [6, 6.07) is 5.28. The second-order valence-electron chi connectivity index (χ2n) is 10.1. The standard InChI is InChI=1S/C29H27F2N3O7/c1-3-17(35)5-6-24(36)32-12-26(38)41-29(4-2)11-25(37)40-14-18-19(29)9-23-27-16(13-34(23)28(18)39)7-15-8-20(30)21(31)10-22(15)33-27/h7-10H,3-6,11-14H2,1-2H3,(H,32,36)/t29-/m1/s1. The number of nitrogens with zero attached hydrogens (tertiary/aromatic N) is 2. The number of aromatic nitrogens is 2. The number of ketones is 1. The SMILES string of the molecule is CCC(=O)CCC(=O)NCC(=O)O[C@]1(CC)CC(=O)OCc2c1cc1n(c2=O)Cc2cc3cc(F)c(F)cc3nc2-1. The van der Waals surface area contributed by atoms with Gasteiger partial charge < -0.3 is 19.4 Å². The molecule has 2 aromatic heterocycles. The quantitative estimate of drug-likeness (QED) is 0.321. The molecular weight excluding hydrogens is 540 g/mol. The summed E-state index contributed by atoms with van der Waals surface area (Å²) in [7, 11) is 0. The van der Waals surface area contributed by atoms with E-state index in [0.717, 1.165) is 12.1 Å². The number of ether oxygens (including phenoxy) is 2. The third-order valence-electron chi connectivity index (χ3n) is 7.54. The number of carbonyl (C=O) groups excluding carboxylic acids is 4. The number of benzene rings is 1. The van der Waals surface area contributed by atoms with Crippen LogP contribution in [0.2, 0.25) is 0 Å². The number of rotatable bonds is 8. The maximum atomic E-state index is 13.9. The third kappa shape index (κ3) is 5.21. The topological polar surface area (TPSA) is 134 Å². The van der Waals surface area contributed by atoms with Crippen LogP contribution in [0.3, 0.4) is 0 Å². The molecule has 1 atom stereocenters. The minimum Gasteiger partial charge on any atom is -0.460 e. The van der Waals surface area contributed by atoms with Gasteiger partial charge in [-0.2, -0.15) is 0 Å². The van der Waals surface area contributed by atoms with Crippen molar-refractivity contribution in [2.75, 3.05) is 6.54 Å². The molecule has 4 heterocycles. The molecule has 0 aliphatic carbocycles. The predicted molar refractivity (Wildman–Crippen MR) is 140 cm³/mol. The van der Waals surface area contributed by atoms with E-state index < -0.39 is 47.2 Å². The van der Waals surface area contributed by atoms with Gasteiger partial charge in [0.25, 0.3) is 5.56 Å². The molecule has 5 rings (SSSR count). The van der Waals surface area contributed by atoms with Crippen molar-refractivity contribution in [2.24, 2.45) is 0 Å². The molecule has 2 aliphatic rings. The minimum atomic E-state index is -1.58. The van der Waals surface area contributed by atoms with E-state index in [9.17, 15) is 32.8 Å². The van der Waals surface area contributed by atoms with E-state index in [2.05, 4.69) is 10.3 Å². The normalized spacial score (nSPS) is 17.2. The Morgan fingerprint density at radius 3 is 2.59 bits per heavy atom. The molecule has 1 amide bonds. The average molecular weight is 568 g/mol. The molecule has 3 aromatic rings. The van der Waals surface area contributed by atoms with Gasteiger partial charge >= 0.3 is 11.9 Å².